The molecule has 0 heterocycles. The zero-order chi connectivity index (χ0) is 28.9. The predicted octanol–water partition coefficient (Wildman–Crippen LogP) is 9.28. The Labute approximate surface area is 236 Å². The fourth-order valence-electron chi connectivity index (χ4n) is 4.88. The maximum atomic E-state index is 13.8. The number of carbonyl (C=O) groups is 1. The molecule has 0 aromatic heterocycles. The normalized spacial score (nSPS) is 18.5. The van der Waals surface area contributed by atoms with Gasteiger partial charge in [-0.15, -0.1) is 0 Å². The van der Waals surface area contributed by atoms with Crippen molar-refractivity contribution in [2.75, 3.05) is 32.7 Å². The number of aryl methyl sites for hydroxylation is 1. The summed E-state index contributed by atoms with van der Waals surface area (Å²) < 4.78 is 50.5. The standard InChI is InChI=1S/C30H50O7P2/c1-7-9-11-16-26-22-28(36-38(6,32)19-10-8-2)30(27-17-14-15-24(3)21-27)29(23-26)37-39(33,34-5)20-13-12-18-35-25(4)31/h21-23,27H,7-20H2,1-6H3. The van der Waals surface area contributed by atoms with Gasteiger partial charge in [0.05, 0.1) is 12.8 Å². The van der Waals surface area contributed by atoms with E-state index >= 15 is 0 Å². The number of allylic oxidation sites excluding steroid dienone is 2. The molecule has 0 fully saturated rings. The molecule has 0 spiro atoms. The minimum absolute atomic E-state index is 0.00823. The minimum atomic E-state index is -3.51. The maximum absolute atomic E-state index is 13.8. The zero-order valence-electron chi connectivity index (χ0n) is 25.0. The van der Waals surface area contributed by atoms with Crippen LogP contribution in [0.25, 0.3) is 0 Å². The van der Waals surface area contributed by atoms with Crippen molar-refractivity contribution < 1.29 is 32.2 Å². The summed E-state index contributed by atoms with van der Waals surface area (Å²) in [4.78, 5) is 11.1. The Morgan fingerprint density at radius 3 is 2.28 bits per heavy atom. The number of rotatable bonds is 18. The molecule has 0 bridgehead atoms. The van der Waals surface area contributed by atoms with Crippen LogP contribution in [-0.2, 0) is 29.6 Å². The van der Waals surface area contributed by atoms with Crippen LogP contribution in [0.15, 0.2) is 23.8 Å². The molecule has 0 saturated heterocycles. The number of hydrogen-bond donors (Lipinski definition) is 0. The first-order valence-electron chi connectivity index (χ1n) is 14.6. The summed E-state index contributed by atoms with van der Waals surface area (Å²) in [5.41, 5.74) is 3.12. The van der Waals surface area contributed by atoms with E-state index in [4.69, 9.17) is 18.3 Å². The van der Waals surface area contributed by atoms with Crippen molar-refractivity contribution in [3.05, 3.63) is 34.9 Å². The number of esters is 1. The summed E-state index contributed by atoms with van der Waals surface area (Å²) in [6, 6.07) is 4.00. The molecular formula is C30H50O7P2. The van der Waals surface area contributed by atoms with Gasteiger partial charge < -0.3 is 18.3 Å². The van der Waals surface area contributed by atoms with Crippen LogP contribution in [0.1, 0.15) is 109 Å². The zero-order valence-corrected chi connectivity index (χ0v) is 26.7. The molecule has 1 aromatic carbocycles. The van der Waals surface area contributed by atoms with Gasteiger partial charge in [0, 0.05) is 38.3 Å². The van der Waals surface area contributed by atoms with Crippen molar-refractivity contribution in [1.82, 2.24) is 0 Å². The van der Waals surface area contributed by atoms with Gasteiger partial charge in [-0.05, 0) is 76.0 Å². The molecule has 1 aliphatic carbocycles. The second kappa shape index (κ2) is 16.7. The monoisotopic (exact) mass is 584 g/mol. The lowest BCUT2D eigenvalue weighted by Gasteiger charge is -2.28. The third-order valence-corrected chi connectivity index (χ3v) is 10.6. The van der Waals surface area contributed by atoms with Crippen molar-refractivity contribution in [2.45, 2.75) is 104 Å². The largest absolute Gasteiger partial charge is 0.466 e. The molecule has 0 amide bonds. The van der Waals surface area contributed by atoms with E-state index in [1.807, 2.05) is 12.1 Å². The summed E-state index contributed by atoms with van der Waals surface area (Å²) in [6.45, 7) is 9.72. The van der Waals surface area contributed by atoms with Gasteiger partial charge in [-0.2, -0.15) is 0 Å². The first-order chi connectivity index (χ1) is 18.5. The summed E-state index contributed by atoms with van der Waals surface area (Å²) in [6.07, 6.45) is 12.8. The molecule has 9 heteroatoms. The third-order valence-electron chi connectivity index (χ3n) is 7.03. The molecule has 222 valence electrons. The molecule has 3 atom stereocenters. The smallest absolute Gasteiger partial charge is 0.378 e. The van der Waals surface area contributed by atoms with Gasteiger partial charge >= 0.3 is 13.6 Å². The Kier molecular flexibility index (Phi) is 14.4. The van der Waals surface area contributed by atoms with E-state index in [-0.39, 0.29) is 24.7 Å². The van der Waals surface area contributed by atoms with Gasteiger partial charge in [-0.3, -0.25) is 9.36 Å². The average molecular weight is 585 g/mol. The van der Waals surface area contributed by atoms with Crippen LogP contribution in [0.2, 0.25) is 0 Å². The van der Waals surface area contributed by atoms with Gasteiger partial charge in [0.1, 0.15) is 11.5 Å². The first-order valence-corrected chi connectivity index (χ1v) is 18.6. The van der Waals surface area contributed by atoms with Crippen LogP contribution in [-0.4, -0.2) is 38.7 Å². The third kappa shape index (κ3) is 11.8. The van der Waals surface area contributed by atoms with Crippen LogP contribution in [0.3, 0.4) is 0 Å². The van der Waals surface area contributed by atoms with Crippen molar-refractivity contribution in [3.8, 4) is 11.5 Å². The molecule has 3 unspecified atom stereocenters. The van der Waals surface area contributed by atoms with E-state index in [0.29, 0.717) is 30.5 Å². The van der Waals surface area contributed by atoms with E-state index in [2.05, 4.69) is 26.8 Å². The Morgan fingerprint density at radius 1 is 0.974 bits per heavy atom. The quantitative estimate of drug-likeness (QED) is 0.0735. The SMILES string of the molecule is CCCCCc1cc(OP(C)(=O)CCCC)c(C2C=C(C)CCC2)c(OP(=O)(CCCCOC(C)=O)OC)c1. The number of carbonyl (C=O) groups excluding carboxylic acids is 1. The maximum Gasteiger partial charge on any atom is 0.378 e. The van der Waals surface area contributed by atoms with Crippen LogP contribution in [0.5, 0.6) is 11.5 Å². The molecule has 7 nitrogen and oxygen atoms in total. The second-order valence-electron chi connectivity index (χ2n) is 10.8. The summed E-state index contributed by atoms with van der Waals surface area (Å²) in [5.74, 6) is 0.750. The molecule has 0 N–H and O–H groups in total. The highest BCUT2D eigenvalue weighted by Gasteiger charge is 2.31. The lowest BCUT2D eigenvalue weighted by molar-refractivity contribution is -0.141. The van der Waals surface area contributed by atoms with E-state index in [1.54, 1.807) is 6.66 Å². The van der Waals surface area contributed by atoms with Crippen LogP contribution < -0.4 is 9.05 Å². The fraction of sp³-hybridized carbons (Fsp3) is 0.700. The molecule has 0 saturated carbocycles. The van der Waals surface area contributed by atoms with Gasteiger partial charge in [0.2, 0.25) is 7.37 Å². The van der Waals surface area contributed by atoms with Crippen molar-refractivity contribution >= 4 is 20.9 Å². The van der Waals surface area contributed by atoms with Gasteiger partial charge in [-0.25, -0.2) is 4.57 Å². The minimum Gasteiger partial charge on any atom is -0.466 e. The lowest BCUT2D eigenvalue weighted by Crippen LogP contribution is -2.10. The predicted molar refractivity (Wildman–Crippen MR) is 160 cm³/mol. The number of unbranched alkanes of at least 4 members (excludes halogenated alkanes) is 4. The van der Waals surface area contributed by atoms with Crippen LogP contribution >= 0.6 is 15.0 Å². The fourth-order valence-corrected chi connectivity index (χ4v) is 7.84. The van der Waals surface area contributed by atoms with E-state index in [1.165, 1.54) is 19.6 Å². The Hall–Kier alpha value is -1.55. The first kappa shape index (κ1) is 33.7. The molecule has 0 aliphatic heterocycles. The lowest BCUT2D eigenvalue weighted by atomic mass is 9.84. The van der Waals surface area contributed by atoms with E-state index < -0.39 is 15.0 Å². The number of ether oxygens (including phenoxy) is 1. The number of benzene rings is 1. The van der Waals surface area contributed by atoms with E-state index in [0.717, 1.165) is 68.9 Å². The highest BCUT2D eigenvalue weighted by atomic mass is 31.2. The number of hydrogen-bond acceptors (Lipinski definition) is 7. The van der Waals surface area contributed by atoms with Gasteiger partial charge in [0.25, 0.3) is 0 Å². The highest BCUT2D eigenvalue weighted by molar-refractivity contribution is 7.58. The Balaban J connectivity index is 2.52. The molecular weight excluding hydrogens is 534 g/mol. The molecule has 1 aromatic rings. The average Bonchev–Trinajstić information content (AvgIpc) is 2.87. The summed E-state index contributed by atoms with van der Waals surface area (Å²) in [7, 11) is -5.00. The Bertz CT molecular complexity index is 1050. The van der Waals surface area contributed by atoms with E-state index in [9.17, 15) is 13.9 Å². The molecule has 2 rings (SSSR count). The highest BCUT2D eigenvalue weighted by Crippen LogP contribution is 2.55. The topological polar surface area (TPSA) is 88.1 Å². The van der Waals surface area contributed by atoms with Crippen molar-refractivity contribution in [2.24, 2.45) is 0 Å². The Morgan fingerprint density at radius 2 is 1.67 bits per heavy atom. The summed E-state index contributed by atoms with van der Waals surface area (Å²) >= 11 is 0. The summed E-state index contributed by atoms with van der Waals surface area (Å²) in [5, 5.41) is 0. The molecule has 0 radical (unpaired) electrons. The van der Waals surface area contributed by atoms with Crippen LogP contribution in [0, 0.1) is 0 Å². The van der Waals surface area contributed by atoms with Crippen LogP contribution in [0.4, 0.5) is 0 Å². The van der Waals surface area contributed by atoms with Crippen molar-refractivity contribution in [3.63, 3.8) is 0 Å². The second-order valence-corrected chi connectivity index (χ2v) is 15.7. The van der Waals surface area contributed by atoms with Crippen molar-refractivity contribution in [1.29, 1.82) is 0 Å². The molecule has 1 aliphatic rings. The van der Waals surface area contributed by atoms with Gasteiger partial charge in [-0.1, -0.05) is 44.8 Å². The molecule has 39 heavy (non-hydrogen) atoms. The van der Waals surface area contributed by atoms with Gasteiger partial charge in [0.15, 0.2) is 0 Å².